The van der Waals surface area contributed by atoms with Crippen LogP contribution in [0.15, 0.2) is 18.2 Å². The molecule has 3 nitrogen and oxygen atoms in total. The molecule has 1 atom stereocenters. The van der Waals surface area contributed by atoms with E-state index in [0.717, 1.165) is 0 Å². The maximum atomic E-state index is 11.7. The molecule has 1 aromatic rings. The van der Waals surface area contributed by atoms with Gasteiger partial charge in [0.15, 0.2) is 22.9 Å². The number of Topliss-reactive ketones (excluding diaryl/α,β-unsaturated/α-hetero) is 1. The fourth-order valence-electron chi connectivity index (χ4n) is 1.45. The van der Waals surface area contributed by atoms with Crippen LogP contribution in [0.1, 0.15) is 6.92 Å². The Morgan fingerprint density at radius 3 is 3.00 bits per heavy atom. The fraction of sp³-hybridized carbons (Fsp3) is 0.364. The van der Waals surface area contributed by atoms with E-state index in [1.165, 1.54) is 0 Å². The summed E-state index contributed by atoms with van der Waals surface area (Å²) in [5, 5.41) is 0.827. The van der Waals surface area contributed by atoms with Crippen molar-refractivity contribution in [3.63, 3.8) is 0 Å². The molecule has 86 valence electrons. The number of ether oxygens (including phenoxy) is 2. The molecule has 0 aliphatic carbocycles. The lowest BCUT2D eigenvalue weighted by Gasteiger charge is -2.33. The summed E-state index contributed by atoms with van der Waals surface area (Å²) in [7, 11) is 0. The van der Waals surface area contributed by atoms with Crippen molar-refractivity contribution >= 4 is 33.3 Å². The van der Waals surface area contributed by atoms with E-state index in [1.807, 2.05) is 0 Å². The number of carbonyl (C=O) groups is 1. The van der Waals surface area contributed by atoms with E-state index in [2.05, 4.69) is 15.9 Å². The predicted octanol–water partition coefficient (Wildman–Crippen LogP) is 2.83. The molecule has 0 radical (unpaired) electrons. The maximum Gasteiger partial charge on any atom is 0.198 e. The molecule has 16 heavy (non-hydrogen) atoms. The molecule has 1 aromatic carbocycles. The lowest BCUT2D eigenvalue weighted by atomic mass is 10.0. The minimum Gasteiger partial charge on any atom is -0.485 e. The zero-order valence-electron chi connectivity index (χ0n) is 8.63. The third-order valence-electron chi connectivity index (χ3n) is 2.46. The van der Waals surface area contributed by atoms with E-state index in [0.29, 0.717) is 16.5 Å². The van der Waals surface area contributed by atoms with Gasteiger partial charge in [0.05, 0.1) is 5.33 Å². The Labute approximate surface area is 107 Å². The van der Waals surface area contributed by atoms with Gasteiger partial charge in [-0.15, -0.1) is 0 Å². The average Bonchev–Trinajstić information content (AvgIpc) is 2.28. The number of alkyl halides is 1. The molecular weight excluding hydrogens is 295 g/mol. The van der Waals surface area contributed by atoms with Crippen molar-refractivity contribution in [2.75, 3.05) is 11.9 Å². The Morgan fingerprint density at radius 1 is 1.56 bits per heavy atom. The van der Waals surface area contributed by atoms with Gasteiger partial charge in [-0.3, -0.25) is 4.79 Å². The quantitative estimate of drug-likeness (QED) is 0.788. The smallest absolute Gasteiger partial charge is 0.198 e. The van der Waals surface area contributed by atoms with Gasteiger partial charge in [-0.05, 0) is 19.1 Å². The Hall–Kier alpha value is -0.740. The Balaban J connectivity index is 2.30. The SMILES string of the molecule is CC1(C(=O)CBr)COc2cc(Cl)ccc2O1. The monoisotopic (exact) mass is 304 g/mol. The van der Waals surface area contributed by atoms with Gasteiger partial charge in [0.2, 0.25) is 0 Å². The lowest BCUT2D eigenvalue weighted by Crippen LogP contribution is -2.49. The number of carbonyl (C=O) groups excluding carboxylic acids is 1. The minimum absolute atomic E-state index is 0.0481. The second kappa shape index (κ2) is 4.26. The molecule has 1 unspecified atom stereocenters. The fourth-order valence-corrected chi connectivity index (χ4v) is 2.20. The number of rotatable bonds is 2. The van der Waals surface area contributed by atoms with E-state index in [1.54, 1.807) is 25.1 Å². The first-order valence-corrected chi connectivity index (χ1v) is 6.26. The average molecular weight is 306 g/mol. The molecule has 0 aromatic heterocycles. The number of halogens is 2. The van der Waals surface area contributed by atoms with Crippen molar-refractivity contribution < 1.29 is 14.3 Å². The standard InChI is InChI=1S/C11H10BrClO3/c1-11(10(14)5-12)6-15-9-4-7(13)2-3-8(9)16-11/h2-4H,5-6H2,1H3. The third-order valence-corrected chi connectivity index (χ3v) is 3.20. The van der Waals surface area contributed by atoms with Gasteiger partial charge in [-0.1, -0.05) is 27.5 Å². The molecule has 0 N–H and O–H groups in total. The van der Waals surface area contributed by atoms with Gasteiger partial charge in [0.1, 0.15) is 6.61 Å². The zero-order chi connectivity index (χ0) is 11.8. The molecule has 0 saturated carbocycles. The van der Waals surface area contributed by atoms with Crippen LogP contribution in [-0.2, 0) is 4.79 Å². The summed E-state index contributed by atoms with van der Waals surface area (Å²) < 4.78 is 11.2. The number of hydrogen-bond acceptors (Lipinski definition) is 3. The van der Waals surface area contributed by atoms with Crippen molar-refractivity contribution in [3.05, 3.63) is 23.2 Å². The summed E-state index contributed by atoms with van der Waals surface area (Å²) >= 11 is 8.96. The molecule has 1 aliphatic heterocycles. The van der Waals surface area contributed by atoms with Gasteiger partial charge < -0.3 is 9.47 Å². The van der Waals surface area contributed by atoms with E-state index >= 15 is 0 Å². The Bertz CT molecular complexity index is 435. The van der Waals surface area contributed by atoms with E-state index in [4.69, 9.17) is 21.1 Å². The predicted molar refractivity (Wildman–Crippen MR) is 64.8 cm³/mol. The molecular formula is C11H10BrClO3. The molecule has 0 fully saturated rings. The summed E-state index contributed by atoms with van der Waals surface area (Å²) in [4.78, 5) is 11.7. The van der Waals surface area contributed by atoms with Crippen molar-refractivity contribution in [2.24, 2.45) is 0 Å². The third kappa shape index (κ3) is 2.04. The van der Waals surface area contributed by atoms with Crippen LogP contribution >= 0.6 is 27.5 Å². The first-order valence-electron chi connectivity index (χ1n) is 4.76. The van der Waals surface area contributed by atoms with Gasteiger partial charge in [0, 0.05) is 11.1 Å². The minimum atomic E-state index is -0.926. The molecule has 1 heterocycles. The number of benzene rings is 1. The van der Waals surface area contributed by atoms with Crippen LogP contribution in [-0.4, -0.2) is 23.3 Å². The first kappa shape index (κ1) is 11.7. The normalized spacial score (nSPS) is 22.9. The van der Waals surface area contributed by atoms with Crippen LogP contribution in [0.4, 0.5) is 0 Å². The molecule has 1 aliphatic rings. The van der Waals surface area contributed by atoms with E-state index in [9.17, 15) is 4.79 Å². The summed E-state index contributed by atoms with van der Waals surface area (Å²) in [6.07, 6.45) is 0. The van der Waals surface area contributed by atoms with Crippen molar-refractivity contribution in [1.29, 1.82) is 0 Å². The largest absolute Gasteiger partial charge is 0.485 e. The van der Waals surface area contributed by atoms with Gasteiger partial charge >= 0.3 is 0 Å². The molecule has 0 amide bonds. The van der Waals surface area contributed by atoms with E-state index < -0.39 is 5.60 Å². The second-order valence-corrected chi connectivity index (χ2v) is 4.77. The summed E-state index contributed by atoms with van der Waals surface area (Å²) in [6.45, 7) is 1.92. The Morgan fingerprint density at radius 2 is 2.31 bits per heavy atom. The maximum absolute atomic E-state index is 11.7. The van der Waals surface area contributed by atoms with Crippen LogP contribution in [0.25, 0.3) is 0 Å². The summed E-state index contributed by atoms with van der Waals surface area (Å²) in [5.41, 5.74) is -0.926. The highest BCUT2D eigenvalue weighted by Gasteiger charge is 2.39. The molecule has 5 heteroatoms. The molecule has 0 spiro atoms. The molecule has 0 bridgehead atoms. The van der Waals surface area contributed by atoms with E-state index in [-0.39, 0.29) is 17.7 Å². The van der Waals surface area contributed by atoms with Crippen LogP contribution in [0.2, 0.25) is 5.02 Å². The lowest BCUT2D eigenvalue weighted by molar-refractivity contribution is -0.134. The van der Waals surface area contributed by atoms with Gasteiger partial charge in [-0.25, -0.2) is 0 Å². The number of ketones is 1. The van der Waals surface area contributed by atoms with Crippen LogP contribution < -0.4 is 9.47 Å². The highest BCUT2D eigenvalue weighted by atomic mass is 79.9. The molecule has 2 rings (SSSR count). The van der Waals surface area contributed by atoms with Crippen molar-refractivity contribution in [3.8, 4) is 11.5 Å². The Kier molecular flexibility index (Phi) is 3.13. The summed E-state index contributed by atoms with van der Waals surface area (Å²) in [6, 6.07) is 5.08. The van der Waals surface area contributed by atoms with Crippen molar-refractivity contribution in [1.82, 2.24) is 0 Å². The van der Waals surface area contributed by atoms with Crippen molar-refractivity contribution in [2.45, 2.75) is 12.5 Å². The first-order chi connectivity index (χ1) is 7.55. The molecule has 0 saturated heterocycles. The highest BCUT2D eigenvalue weighted by Crippen LogP contribution is 2.37. The highest BCUT2D eigenvalue weighted by molar-refractivity contribution is 9.09. The van der Waals surface area contributed by atoms with Crippen LogP contribution in [0, 0.1) is 0 Å². The topological polar surface area (TPSA) is 35.5 Å². The number of fused-ring (bicyclic) bond motifs is 1. The van der Waals surface area contributed by atoms with Crippen LogP contribution in [0.3, 0.4) is 0 Å². The van der Waals surface area contributed by atoms with Crippen LogP contribution in [0.5, 0.6) is 11.5 Å². The summed E-state index contributed by atoms with van der Waals surface area (Å²) in [5.74, 6) is 1.08. The zero-order valence-corrected chi connectivity index (χ0v) is 11.0. The van der Waals surface area contributed by atoms with Gasteiger partial charge in [-0.2, -0.15) is 0 Å². The number of hydrogen-bond donors (Lipinski definition) is 0. The second-order valence-electron chi connectivity index (χ2n) is 3.77. The van der Waals surface area contributed by atoms with Gasteiger partial charge in [0.25, 0.3) is 0 Å².